The normalized spacial score (nSPS) is 11.3. The van der Waals surface area contributed by atoms with Crippen molar-refractivity contribution in [2.24, 2.45) is 0 Å². The molecule has 26 heavy (non-hydrogen) atoms. The zero-order chi connectivity index (χ0) is 18.7. The molecule has 3 rings (SSSR count). The van der Waals surface area contributed by atoms with Crippen molar-refractivity contribution in [3.05, 3.63) is 82.6 Å². The molecule has 134 valence electrons. The molecule has 0 radical (unpaired) electrons. The van der Waals surface area contributed by atoms with E-state index >= 15 is 0 Å². The lowest BCUT2D eigenvalue weighted by Gasteiger charge is -2.10. The van der Waals surface area contributed by atoms with Gasteiger partial charge in [0.2, 0.25) is 0 Å². The van der Waals surface area contributed by atoms with Gasteiger partial charge < -0.3 is 0 Å². The van der Waals surface area contributed by atoms with Gasteiger partial charge in [-0.25, -0.2) is 12.8 Å². The highest BCUT2D eigenvalue weighted by Crippen LogP contribution is 2.27. The molecule has 3 aromatic rings. The Morgan fingerprint density at radius 3 is 2.38 bits per heavy atom. The maximum atomic E-state index is 14.1. The van der Waals surface area contributed by atoms with Gasteiger partial charge in [-0.15, -0.1) is 0 Å². The molecule has 0 spiro atoms. The molecule has 3 nitrogen and oxygen atoms in total. The average molecular weight is 434 g/mol. The molecule has 0 aromatic heterocycles. The molecule has 0 unspecified atom stereocenters. The van der Waals surface area contributed by atoms with E-state index in [2.05, 4.69) is 20.7 Å². The summed E-state index contributed by atoms with van der Waals surface area (Å²) in [7, 11) is -3.71. The van der Waals surface area contributed by atoms with Gasteiger partial charge in [-0.3, -0.25) is 4.72 Å². The summed E-state index contributed by atoms with van der Waals surface area (Å²) in [6, 6.07) is 18.2. The third-order valence-corrected chi connectivity index (χ3v) is 5.88. The molecule has 0 fully saturated rings. The molecule has 0 aliphatic rings. The Morgan fingerprint density at radius 1 is 1.00 bits per heavy atom. The molecular formula is C20H17BrFNO2S. The van der Waals surface area contributed by atoms with E-state index in [1.807, 2.05) is 25.1 Å². The summed E-state index contributed by atoms with van der Waals surface area (Å²) in [5.41, 5.74) is 2.60. The number of nitrogens with one attached hydrogen (secondary N) is 1. The minimum Gasteiger partial charge on any atom is -0.280 e. The van der Waals surface area contributed by atoms with E-state index in [9.17, 15) is 12.8 Å². The number of halogens is 2. The van der Waals surface area contributed by atoms with Crippen LogP contribution in [-0.2, 0) is 16.4 Å². The van der Waals surface area contributed by atoms with Crippen molar-refractivity contribution >= 4 is 31.6 Å². The first-order chi connectivity index (χ1) is 12.4. The fourth-order valence-electron chi connectivity index (χ4n) is 2.61. The Morgan fingerprint density at radius 2 is 1.73 bits per heavy atom. The van der Waals surface area contributed by atoms with E-state index in [0.29, 0.717) is 21.3 Å². The van der Waals surface area contributed by atoms with Gasteiger partial charge in [0, 0.05) is 15.7 Å². The zero-order valence-electron chi connectivity index (χ0n) is 14.0. The molecule has 0 atom stereocenters. The lowest BCUT2D eigenvalue weighted by atomic mass is 10.1. The predicted octanol–water partition coefficient (Wildman–Crippen LogP) is 5.62. The minimum absolute atomic E-state index is 0.126. The van der Waals surface area contributed by atoms with Crippen LogP contribution in [0.25, 0.3) is 11.1 Å². The van der Waals surface area contributed by atoms with Crippen LogP contribution in [0.4, 0.5) is 10.1 Å². The van der Waals surface area contributed by atoms with Gasteiger partial charge in [0.05, 0.1) is 4.90 Å². The maximum absolute atomic E-state index is 14.1. The SMILES string of the molecule is CCc1cccc(NS(=O)(=O)c2ccc(-c3ccc(Br)cc3F)cc2)c1. The van der Waals surface area contributed by atoms with Crippen molar-refractivity contribution in [1.29, 1.82) is 0 Å². The quantitative estimate of drug-likeness (QED) is 0.567. The topological polar surface area (TPSA) is 46.2 Å². The second kappa shape index (κ2) is 7.60. The van der Waals surface area contributed by atoms with Gasteiger partial charge in [0.25, 0.3) is 10.0 Å². The van der Waals surface area contributed by atoms with Gasteiger partial charge in [0.15, 0.2) is 0 Å². The Kier molecular flexibility index (Phi) is 5.44. The molecule has 0 bridgehead atoms. The fraction of sp³-hybridized carbons (Fsp3) is 0.100. The third-order valence-electron chi connectivity index (χ3n) is 3.99. The molecule has 6 heteroatoms. The summed E-state index contributed by atoms with van der Waals surface area (Å²) < 4.78 is 42.4. The van der Waals surface area contributed by atoms with Gasteiger partial charge >= 0.3 is 0 Å². The molecule has 3 aromatic carbocycles. The van der Waals surface area contributed by atoms with E-state index < -0.39 is 10.0 Å². The summed E-state index contributed by atoms with van der Waals surface area (Å²) in [6.07, 6.45) is 0.822. The number of hydrogen-bond acceptors (Lipinski definition) is 2. The van der Waals surface area contributed by atoms with Crippen LogP contribution >= 0.6 is 15.9 Å². The first-order valence-electron chi connectivity index (χ1n) is 8.06. The molecule has 0 saturated heterocycles. The highest BCUT2D eigenvalue weighted by atomic mass is 79.9. The van der Waals surface area contributed by atoms with Crippen molar-refractivity contribution < 1.29 is 12.8 Å². The second-order valence-corrected chi connectivity index (χ2v) is 8.41. The number of hydrogen-bond donors (Lipinski definition) is 1. The maximum Gasteiger partial charge on any atom is 0.261 e. The van der Waals surface area contributed by atoms with Crippen molar-refractivity contribution in [2.45, 2.75) is 18.2 Å². The third kappa shape index (κ3) is 4.14. The number of anilines is 1. The van der Waals surface area contributed by atoms with E-state index in [1.165, 1.54) is 18.2 Å². The second-order valence-electron chi connectivity index (χ2n) is 5.81. The predicted molar refractivity (Wildman–Crippen MR) is 106 cm³/mol. The van der Waals surface area contributed by atoms with E-state index in [0.717, 1.165) is 12.0 Å². The minimum atomic E-state index is -3.71. The zero-order valence-corrected chi connectivity index (χ0v) is 16.4. The van der Waals surface area contributed by atoms with Crippen molar-refractivity contribution in [3.63, 3.8) is 0 Å². The Hall–Kier alpha value is -2.18. The number of rotatable bonds is 5. The average Bonchev–Trinajstić information content (AvgIpc) is 2.62. The fourth-order valence-corrected chi connectivity index (χ4v) is 3.99. The summed E-state index contributed by atoms with van der Waals surface area (Å²) >= 11 is 3.22. The van der Waals surface area contributed by atoms with Gasteiger partial charge in [-0.1, -0.05) is 53.2 Å². The van der Waals surface area contributed by atoms with Crippen LogP contribution in [0.15, 0.2) is 76.1 Å². The van der Waals surface area contributed by atoms with Gasteiger partial charge in [0.1, 0.15) is 5.82 Å². The van der Waals surface area contributed by atoms with Crippen LogP contribution in [0.5, 0.6) is 0 Å². The molecule has 0 saturated carbocycles. The van der Waals surface area contributed by atoms with E-state index in [1.54, 1.807) is 30.3 Å². The summed E-state index contributed by atoms with van der Waals surface area (Å²) in [6.45, 7) is 2.01. The van der Waals surface area contributed by atoms with E-state index in [-0.39, 0.29) is 10.7 Å². The Balaban J connectivity index is 1.87. The lowest BCUT2D eigenvalue weighted by Crippen LogP contribution is -2.13. The monoisotopic (exact) mass is 433 g/mol. The Labute approximate surface area is 161 Å². The summed E-state index contributed by atoms with van der Waals surface area (Å²) in [5.74, 6) is -0.371. The van der Waals surface area contributed by atoms with Crippen LogP contribution in [0.2, 0.25) is 0 Å². The smallest absolute Gasteiger partial charge is 0.261 e. The first-order valence-corrected chi connectivity index (χ1v) is 10.3. The van der Waals surface area contributed by atoms with Crippen molar-refractivity contribution in [1.82, 2.24) is 0 Å². The van der Waals surface area contributed by atoms with Crippen LogP contribution in [-0.4, -0.2) is 8.42 Å². The standard InChI is InChI=1S/C20H17BrFNO2S/c1-2-14-4-3-5-17(12-14)23-26(24,25)18-9-6-15(7-10-18)19-11-8-16(21)13-20(19)22/h3-13,23H,2H2,1H3. The van der Waals surface area contributed by atoms with Crippen LogP contribution in [0.1, 0.15) is 12.5 Å². The highest BCUT2D eigenvalue weighted by Gasteiger charge is 2.15. The molecular weight excluding hydrogens is 417 g/mol. The summed E-state index contributed by atoms with van der Waals surface area (Å²) in [4.78, 5) is 0.126. The Bertz CT molecular complexity index is 1030. The largest absolute Gasteiger partial charge is 0.280 e. The molecule has 0 aliphatic heterocycles. The van der Waals surface area contributed by atoms with Crippen LogP contribution in [0.3, 0.4) is 0 Å². The van der Waals surface area contributed by atoms with Gasteiger partial charge in [-0.05, 0) is 53.9 Å². The molecule has 0 aliphatic carbocycles. The molecule has 0 heterocycles. The van der Waals surface area contributed by atoms with E-state index in [4.69, 9.17) is 0 Å². The number of aryl methyl sites for hydroxylation is 1. The van der Waals surface area contributed by atoms with Gasteiger partial charge in [-0.2, -0.15) is 0 Å². The first kappa shape index (κ1) is 18.6. The van der Waals surface area contributed by atoms with Crippen LogP contribution < -0.4 is 4.72 Å². The van der Waals surface area contributed by atoms with Crippen LogP contribution in [0, 0.1) is 5.82 Å². The van der Waals surface area contributed by atoms with Crippen molar-refractivity contribution in [3.8, 4) is 11.1 Å². The van der Waals surface area contributed by atoms with Crippen molar-refractivity contribution in [2.75, 3.05) is 4.72 Å². The molecule has 0 amide bonds. The molecule has 1 N–H and O–H groups in total. The summed E-state index contributed by atoms with van der Waals surface area (Å²) in [5, 5.41) is 0. The number of benzene rings is 3. The number of sulfonamides is 1. The highest BCUT2D eigenvalue weighted by molar-refractivity contribution is 9.10. The lowest BCUT2D eigenvalue weighted by molar-refractivity contribution is 0.601.